The van der Waals surface area contributed by atoms with E-state index in [1.807, 2.05) is 6.20 Å². The fourth-order valence-corrected chi connectivity index (χ4v) is 4.34. The molecule has 0 radical (unpaired) electrons. The van der Waals surface area contributed by atoms with E-state index in [4.69, 9.17) is 4.74 Å². The summed E-state index contributed by atoms with van der Waals surface area (Å²) in [6, 6.07) is 7.45. The maximum Gasteiger partial charge on any atom is 0.157 e. The Balaban J connectivity index is 1.85. The molecule has 1 aliphatic rings. The quantitative estimate of drug-likeness (QED) is 0.415. The van der Waals surface area contributed by atoms with Gasteiger partial charge in [-0.3, -0.25) is 0 Å². The van der Waals surface area contributed by atoms with Gasteiger partial charge in [0.25, 0.3) is 0 Å². The molecule has 0 saturated heterocycles. The Morgan fingerprint density at radius 2 is 1.76 bits per heavy atom. The van der Waals surface area contributed by atoms with Crippen LogP contribution in [0.3, 0.4) is 0 Å². The van der Waals surface area contributed by atoms with E-state index in [-0.39, 0.29) is 28.9 Å². The Labute approximate surface area is 169 Å². The molecule has 0 spiro atoms. The van der Waals surface area contributed by atoms with Gasteiger partial charge in [0.2, 0.25) is 0 Å². The summed E-state index contributed by atoms with van der Waals surface area (Å²) in [5.41, 5.74) is 4.85. The molecule has 0 bridgehead atoms. The number of hydrogen-bond acceptors (Lipinski definition) is 5. The fraction of sp³-hybridized carbons (Fsp3) is 0.304. The van der Waals surface area contributed by atoms with Gasteiger partial charge >= 0.3 is 0 Å². The average Bonchev–Trinajstić information content (AvgIpc) is 3.11. The van der Waals surface area contributed by atoms with Crippen LogP contribution < -0.4 is 4.74 Å². The van der Waals surface area contributed by atoms with Crippen LogP contribution in [0.1, 0.15) is 60.2 Å². The van der Waals surface area contributed by atoms with Gasteiger partial charge in [0.05, 0.1) is 0 Å². The van der Waals surface area contributed by atoms with Gasteiger partial charge in [-0.1, -0.05) is 19.9 Å². The molecule has 152 valence electrons. The zero-order chi connectivity index (χ0) is 20.7. The second-order valence-corrected chi connectivity index (χ2v) is 7.43. The molecule has 2 heterocycles. The lowest BCUT2D eigenvalue weighted by molar-refractivity contribution is 0.163. The van der Waals surface area contributed by atoms with Gasteiger partial charge in [0.1, 0.15) is 23.4 Å². The number of benzene rings is 2. The second-order valence-electron chi connectivity index (χ2n) is 7.43. The first-order valence-electron chi connectivity index (χ1n) is 9.86. The summed E-state index contributed by atoms with van der Waals surface area (Å²) in [6.07, 6.45) is 3.90. The predicted octanol–water partition coefficient (Wildman–Crippen LogP) is 4.62. The smallest absolute Gasteiger partial charge is 0.157 e. The van der Waals surface area contributed by atoms with Crippen LogP contribution in [-0.2, 0) is 12.8 Å². The normalized spacial score (nSPS) is 18.3. The van der Waals surface area contributed by atoms with Crippen LogP contribution >= 0.6 is 0 Å². The number of fused-ring (bicyclic) bond motifs is 1. The molecule has 0 fully saturated rings. The van der Waals surface area contributed by atoms with Crippen molar-refractivity contribution >= 4 is 0 Å². The van der Waals surface area contributed by atoms with Crippen molar-refractivity contribution in [3.8, 4) is 28.7 Å². The van der Waals surface area contributed by atoms with Crippen LogP contribution in [0.5, 0.6) is 28.7 Å². The van der Waals surface area contributed by atoms with Crippen LogP contribution in [0.25, 0.3) is 0 Å². The summed E-state index contributed by atoms with van der Waals surface area (Å²) in [5.74, 6) is -0.254. The van der Waals surface area contributed by atoms with Gasteiger partial charge in [-0.05, 0) is 41.7 Å². The summed E-state index contributed by atoms with van der Waals surface area (Å²) in [5, 5.41) is 40.2. The monoisotopic (exact) mass is 395 g/mol. The zero-order valence-corrected chi connectivity index (χ0v) is 16.4. The highest BCUT2D eigenvalue weighted by Crippen LogP contribution is 2.51. The van der Waals surface area contributed by atoms with Crippen molar-refractivity contribution < 1.29 is 25.2 Å². The first kappa shape index (κ1) is 19.1. The third kappa shape index (κ3) is 3.24. The molecule has 0 amide bonds. The molecule has 6 nitrogen and oxygen atoms in total. The first-order chi connectivity index (χ1) is 13.9. The number of phenolic OH excluding ortho intramolecular Hbond substituents is 4. The number of ether oxygens (including phenoxy) is 1. The number of hydrogen-bond donors (Lipinski definition) is 5. The third-order valence-corrected chi connectivity index (χ3v) is 5.74. The number of nitrogens with one attached hydrogen (secondary N) is 1. The molecule has 3 aromatic rings. The lowest BCUT2D eigenvalue weighted by Crippen LogP contribution is -2.21. The van der Waals surface area contributed by atoms with E-state index in [0.29, 0.717) is 23.3 Å². The molecular weight excluding hydrogens is 370 g/mol. The molecular formula is C23H25NO5. The number of aromatic nitrogens is 1. The minimum atomic E-state index is -0.418. The highest BCUT2D eigenvalue weighted by atomic mass is 16.5. The number of H-pyrrole nitrogens is 1. The number of aromatic amines is 1. The van der Waals surface area contributed by atoms with E-state index in [0.717, 1.165) is 18.5 Å². The van der Waals surface area contributed by atoms with Gasteiger partial charge in [-0.15, -0.1) is 0 Å². The lowest BCUT2D eigenvalue weighted by Gasteiger charge is -2.33. The van der Waals surface area contributed by atoms with E-state index in [2.05, 4.69) is 18.8 Å². The molecule has 29 heavy (non-hydrogen) atoms. The lowest BCUT2D eigenvalue weighted by atomic mass is 9.82. The van der Waals surface area contributed by atoms with Gasteiger partial charge < -0.3 is 30.1 Å². The Hall–Kier alpha value is -3.28. The van der Waals surface area contributed by atoms with Crippen molar-refractivity contribution in [1.29, 1.82) is 0 Å². The van der Waals surface area contributed by atoms with E-state index in [1.165, 1.54) is 35.4 Å². The number of aromatic hydroxyl groups is 4. The van der Waals surface area contributed by atoms with Crippen LogP contribution in [0.2, 0.25) is 0 Å². The standard InChI is InChI=1S/C23H25NO5/c1-3-12-11-24-23(15(12)4-2)16-10-20(13-5-6-17(26)18(27)7-13)29-21-9-14(25)8-19(28)22(16)21/h5-9,11,16,20,24-28H,3-4,10H2,1-2H3/t16?,20-/m0/s1. The number of rotatable bonds is 4. The molecule has 1 unspecified atom stereocenters. The van der Waals surface area contributed by atoms with Crippen molar-refractivity contribution in [3.05, 3.63) is 64.5 Å². The number of phenols is 4. The Kier molecular flexibility index (Phi) is 4.78. The summed E-state index contributed by atoms with van der Waals surface area (Å²) in [6.45, 7) is 4.22. The van der Waals surface area contributed by atoms with Crippen LogP contribution in [-0.4, -0.2) is 25.4 Å². The minimum Gasteiger partial charge on any atom is -0.508 e. The Bertz CT molecular complexity index is 1060. The summed E-state index contributed by atoms with van der Waals surface area (Å²) < 4.78 is 6.11. The van der Waals surface area contributed by atoms with Gasteiger partial charge in [0.15, 0.2) is 11.5 Å². The molecule has 0 aliphatic carbocycles. The van der Waals surface area contributed by atoms with Crippen molar-refractivity contribution in [2.24, 2.45) is 0 Å². The van der Waals surface area contributed by atoms with E-state index < -0.39 is 6.10 Å². The first-order valence-corrected chi connectivity index (χ1v) is 9.86. The molecule has 5 N–H and O–H groups in total. The SMILES string of the molecule is CCc1c[nH]c(C2C[C@@H](c3ccc(O)c(O)c3)Oc3cc(O)cc(O)c32)c1CC. The van der Waals surface area contributed by atoms with Crippen LogP contribution in [0.15, 0.2) is 36.5 Å². The highest BCUT2D eigenvalue weighted by Gasteiger charge is 2.35. The molecule has 2 atom stereocenters. The maximum atomic E-state index is 10.6. The summed E-state index contributed by atoms with van der Waals surface area (Å²) in [7, 11) is 0. The average molecular weight is 395 g/mol. The third-order valence-electron chi connectivity index (χ3n) is 5.74. The fourth-order valence-electron chi connectivity index (χ4n) is 4.34. The van der Waals surface area contributed by atoms with Crippen LogP contribution in [0, 0.1) is 0 Å². The zero-order valence-electron chi connectivity index (χ0n) is 16.4. The minimum absolute atomic E-state index is 0.00768. The van der Waals surface area contributed by atoms with Crippen molar-refractivity contribution in [3.63, 3.8) is 0 Å². The molecule has 1 aliphatic heterocycles. The van der Waals surface area contributed by atoms with Gasteiger partial charge in [-0.25, -0.2) is 0 Å². The molecule has 1 aromatic heterocycles. The molecule has 0 saturated carbocycles. The largest absolute Gasteiger partial charge is 0.508 e. The van der Waals surface area contributed by atoms with Crippen LogP contribution in [0.4, 0.5) is 0 Å². The maximum absolute atomic E-state index is 10.6. The Morgan fingerprint density at radius 1 is 0.966 bits per heavy atom. The van der Waals surface area contributed by atoms with Crippen molar-refractivity contribution in [2.75, 3.05) is 0 Å². The number of aryl methyl sites for hydroxylation is 1. The van der Waals surface area contributed by atoms with E-state index in [9.17, 15) is 20.4 Å². The Morgan fingerprint density at radius 3 is 2.45 bits per heavy atom. The predicted molar refractivity (Wildman–Crippen MR) is 109 cm³/mol. The highest BCUT2D eigenvalue weighted by molar-refractivity contribution is 5.56. The van der Waals surface area contributed by atoms with E-state index >= 15 is 0 Å². The van der Waals surface area contributed by atoms with E-state index in [1.54, 1.807) is 6.07 Å². The van der Waals surface area contributed by atoms with Gasteiger partial charge in [0, 0.05) is 41.9 Å². The topological polar surface area (TPSA) is 106 Å². The summed E-state index contributed by atoms with van der Waals surface area (Å²) >= 11 is 0. The summed E-state index contributed by atoms with van der Waals surface area (Å²) in [4.78, 5) is 3.40. The van der Waals surface area contributed by atoms with Crippen molar-refractivity contribution in [2.45, 2.75) is 45.1 Å². The van der Waals surface area contributed by atoms with Crippen molar-refractivity contribution in [1.82, 2.24) is 4.98 Å². The molecule has 4 rings (SSSR count). The second kappa shape index (κ2) is 7.28. The molecule has 2 aromatic carbocycles. The van der Waals surface area contributed by atoms with Gasteiger partial charge in [-0.2, -0.15) is 0 Å². The molecule has 6 heteroatoms.